The van der Waals surface area contributed by atoms with Crippen molar-refractivity contribution in [3.8, 4) is 0 Å². The summed E-state index contributed by atoms with van der Waals surface area (Å²) in [7, 11) is -17.4. The summed E-state index contributed by atoms with van der Waals surface area (Å²) in [5, 5.41) is 11.9. The van der Waals surface area contributed by atoms with Crippen LogP contribution in [0.15, 0.2) is 37.4 Å². The van der Waals surface area contributed by atoms with E-state index in [4.69, 9.17) is 9.47 Å². The first-order chi connectivity index (χ1) is 26.1. The summed E-state index contributed by atoms with van der Waals surface area (Å²) < 4.78 is 138. The molecular formula is C30H48F12N8O6P2. The number of nitrogens with one attached hydrogen (secondary N) is 4. The number of unbranched alkanes of at least 4 members (excludes halogenated alkanes) is 2. The third-order valence-corrected chi connectivity index (χ3v) is 7.88. The molecule has 14 nitrogen and oxygen atoms in total. The van der Waals surface area contributed by atoms with Gasteiger partial charge in [0.15, 0.2) is 0 Å². The number of amides is 2. The van der Waals surface area contributed by atoms with Gasteiger partial charge < -0.3 is 30.7 Å². The molecule has 2 amide bonds. The standard InChI is InChI=1S/C30H46N8O6.2F6P/c1-35-13-15-37(21-35)11-5-3-7-27(39)43-23-17-25(33-19-23)29(41)31-9-10-32-30(42)26-18-24(20-34-26)44-28(40)8-4-6-12-38-16-14-36(2)22-38;2*1-7(2,3,4,5)6/h13-16,21-26,33-34H,3-12,17-20H2,1-2H3;;/q;2*-1/p+2/t23-,24-,25+,26+;;/m1../s1. The molecule has 4 rings (SSSR count). The number of carbonyl (C=O) groups is 4. The molecule has 2 aromatic rings. The number of hydrogen-bond acceptors (Lipinski definition) is 8. The molecule has 2 aliphatic rings. The summed E-state index contributed by atoms with van der Waals surface area (Å²) in [4.78, 5) is 49.5. The van der Waals surface area contributed by atoms with Gasteiger partial charge in [0, 0.05) is 51.9 Å². The van der Waals surface area contributed by atoms with Crippen LogP contribution in [0.5, 0.6) is 0 Å². The van der Waals surface area contributed by atoms with Crippen LogP contribution < -0.4 is 30.4 Å². The molecule has 28 heteroatoms. The van der Waals surface area contributed by atoms with Gasteiger partial charge in [-0.05, 0) is 25.7 Å². The van der Waals surface area contributed by atoms with Gasteiger partial charge in [-0.1, -0.05) is 0 Å². The van der Waals surface area contributed by atoms with E-state index in [1.54, 1.807) is 0 Å². The molecule has 0 bridgehead atoms. The Morgan fingerprint density at radius 1 is 0.621 bits per heavy atom. The second kappa shape index (κ2) is 18.7. The van der Waals surface area contributed by atoms with E-state index in [1.165, 1.54) is 0 Å². The Balaban J connectivity index is 0.000000707. The van der Waals surface area contributed by atoms with Gasteiger partial charge in [0.2, 0.25) is 24.5 Å². The second-order valence-corrected chi connectivity index (χ2v) is 17.5. The van der Waals surface area contributed by atoms with E-state index in [9.17, 15) is 69.5 Å². The Hall–Kier alpha value is -3.76. The van der Waals surface area contributed by atoms with E-state index >= 15 is 0 Å². The van der Waals surface area contributed by atoms with Gasteiger partial charge in [-0.2, -0.15) is 0 Å². The van der Waals surface area contributed by atoms with Crippen molar-refractivity contribution in [1.29, 1.82) is 0 Å². The minimum atomic E-state index is -10.7. The van der Waals surface area contributed by atoms with Crippen molar-refractivity contribution in [2.75, 3.05) is 26.2 Å². The van der Waals surface area contributed by atoms with Crippen molar-refractivity contribution >= 4 is 39.4 Å². The number of ether oxygens (including phenoxy) is 2. The number of carbonyl (C=O) groups excluding carboxylic acids is 4. The van der Waals surface area contributed by atoms with Gasteiger partial charge in [0.05, 0.1) is 39.3 Å². The normalized spacial score (nSPS) is 21.7. The number of rotatable bonds is 17. The quantitative estimate of drug-likeness (QED) is 0.0533. The van der Waals surface area contributed by atoms with Crippen LogP contribution >= 0.6 is 15.6 Å². The van der Waals surface area contributed by atoms with E-state index in [0.29, 0.717) is 38.8 Å². The first-order valence-electron chi connectivity index (χ1n) is 17.7. The fraction of sp³-hybridized carbons (Fsp3) is 0.667. The van der Waals surface area contributed by atoms with Crippen LogP contribution in [-0.4, -0.2) is 83.4 Å². The van der Waals surface area contributed by atoms with Gasteiger partial charge in [-0.25, -0.2) is 18.3 Å². The maximum atomic E-state index is 12.5. The number of imidazole rings is 2. The van der Waals surface area contributed by atoms with Gasteiger partial charge >= 0.3 is 77.9 Å². The van der Waals surface area contributed by atoms with Crippen LogP contribution in [0.2, 0.25) is 0 Å². The van der Waals surface area contributed by atoms with Gasteiger partial charge in [0.1, 0.15) is 37.0 Å². The molecule has 0 unspecified atom stereocenters. The molecule has 338 valence electrons. The van der Waals surface area contributed by atoms with E-state index in [0.717, 1.165) is 38.8 Å². The fourth-order valence-corrected chi connectivity index (χ4v) is 5.49. The third kappa shape index (κ3) is 28.6. The summed E-state index contributed by atoms with van der Waals surface area (Å²) in [6, 6.07) is -0.885. The van der Waals surface area contributed by atoms with Crippen molar-refractivity contribution in [3.05, 3.63) is 37.4 Å². The van der Waals surface area contributed by atoms with Crippen molar-refractivity contribution in [1.82, 2.24) is 30.4 Å². The van der Waals surface area contributed by atoms with Crippen LogP contribution in [0.25, 0.3) is 0 Å². The molecule has 4 heterocycles. The van der Waals surface area contributed by atoms with Gasteiger partial charge in [0.25, 0.3) is 0 Å². The van der Waals surface area contributed by atoms with Crippen molar-refractivity contribution in [2.45, 2.75) is 88.7 Å². The van der Waals surface area contributed by atoms with Crippen LogP contribution in [0.4, 0.5) is 50.4 Å². The monoisotopic (exact) mass is 906 g/mol. The molecule has 0 aliphatic carbocycles. The third-order valence-electron chi connectivity index (χ3n) is 7.88. The average Bonchev–Trinajstić information content (AvgIpc) is 3.86. The predicted molar refractivity (Wildman–Crippen MR) is 185 cm³/mol. The molecule has 0 radical (unpaired) electrons. The Labute approximate surface area is 324 Å². The number of hydrogen-bond donors (Lipinski definition) is 4. The number of aryl methyl sites for hydroxylation is 4. The number of aromatic nitrogens is 4. The molecule has 2 fully saturated rings. The maximum absolute atomic E-state index is 12.5. The number of esters is 2. The SMILES string of the molecule is C[n+]1ccn(CCCCC(=O)O[C@H]2CN[C@H](C(=O)NCCNC(=O)[C@@H]3C[C@@H](OC(=O)CCCCn4cc[n+](C)c4)CN3)C2)c1.F[P-](F)(F)(F)(F)F.F[P-](F)(F)(F)(F)F. The zero-order valence-corrected chi connectivity index (χ0v) is 33.1. The first-order valence-corrected chi connectivity index (χ1v) is 21.8. The predicted octanol–water partition coefficient (Wildman–Crippen LogP) is 5.52. The van der Waals surface area contributed by atoms with E-state index in [2.05, 4.69) is 30.4 Å². The molecule has 0 aromatic carbocycles. The van der Waals surface area contributed by atoms with Crippen LogP contribution in [0.1, 0.15) is 51.4 Å². The van der Waals surface area contributed by atoms with Crippen molar-refractivity contribution in [3.63, 3.8) is 0 Å². The zero-order chi connectivity index (χ0) is 44.1. The van der Waals surface area contributed by atoms with E-state index in [-0.39, 0.29) is 49.1 Å². The Morgan fingerprint density at radius 3 is 1.24 bits per heavy atom. The molecule has 58 heavy (non-hydrogen) atoms. The summed E-state index contributed by atoms with van der Waals surface area (Å²) in [5.74, 6) is -0.861. The molecule has 2 saturated heterocycles. The fourth-order valence-electron chi connectivity index (χ4n) is 5.49. The summed E-state index contributed by atoms with van der Waals surface area (Å²) >= 11 is 0. The van der Waals surface area contributed by atoms with Crippen molar-refractivity contribution in [2.24, 2.45) is 14.1 Å². The van der Waals surface area contributed by atoms with Crippen LogP contribution in [-0.2, 0) is 55.8 Å². The van der Waals surface area contributed by atoms with E-state index in [1.807, 2.05) is 60.7 Å². The molecule has 2 aliphatic heterocycles. The number of halogens is 12. The summed E-state index contributed by atoms with van der Waals surface area (Å²) in [6.45, 7) is 3.13. The van der Waals surface area contributed by atoms with Crippen LogP contribution in [0, 0.1) is 0 Å². The molecule has 0 spiro atoms. The number of nitrogens with zero attached hydrogens (tertiary/aromatic N) is 4. The first kappa shape index (κ1) is 50.4. The Morgan fingerprint density at radius 2 is 0.948 bits per heavy atom. The summed E-state index contributed by atoms with van der Waals surface area (Å²) in [6.07, 6.45) is 16.1. The summed E-state index contributed by atoms with van der Waals surface area (Å²) in [5.41, 5.74) is 0. The van der Waals surface area contributed by atoms with Crippen molar-refractivity contribution < 1.29 is 88.1 Å². The average molecular weight is 907 g/mol. The van der Waals surface area contributed by atoms with Gasteiger partial charge in [-0.3, -0.25) is 19.2 Å². The molecular weight excluding hydrogens is 858 g/mol. The molecule has 4 atom stereocenters. The van der Waals surface area contributed by atoms with E-state index < -0.39 is 27.7 Å². The Kier molecular flexibility index (Phi) is 16.2. The minimum absolute atomic E-state index is 0.189. The Bertz CT molecular complexity index is 1550. The molecule has 4 N–H and O–H groups in total. The molecule has 0 saturated carbocycles. The second-order valence-electron chi connectivity index (χ2n) is 13.7. The molecule has 2 aromatic heterocycles. The topological polar surface area (TPSA) is 152 Å². The zero-order valence-electron chi connectivity index (χ0n) is 31.3. The van der Waals surface area contributed by atoms with Gasteiger partial charge in [-0.15, -0.1) is 0 Å². The van der Waals surface area contributed by atoms with Crippen LogP contribution in [0.3, 0.4) is 0 Å².